The zero-order chi connectivity index (χ0) is 16.4. The minimum absolute atomic E-state index is 0.0216. The van der Waals surface area contributed by atoms with E-state index >= 15 is 0 Å². The molecule has 0 bridgehead atoms. The molecule has 0 spiro atoms. The van der Waals surface area contributed by atoms with Crippen molar-refractivity contribution in [2.45, 2.75) is 9.79 Å². The SMILES string of the molecule is CNS(=O)(=O)c1ccc(S(=O)(=O)Nc2ccccc2Cl)cc1. The van der Waals surface area contributed by atoms with Crippen LogP contribution in [0.25, 0.3) is 0 Å². The van der Waals surface area contributed by atoms with Crippen LogP contribution in [-0.4, -0.2) is 23.9 Å². The van der Waals surface area contributed by atoms with Crippen molar-refractivity contribution in [3.05, 3.63) is 53.6 Å². The van der Waals surface area contributed by atoms with Crippen molar-refractivity contribution in [2.75, 3.05) is 11.8 Å². The Kier molecular flexibility index (Phi) is 4.76. The Morgan fingerprint density at radius 3 is 1.82 bits per heavy atom. The zero-order valence-corrected chi connectivity index (χ0v) is 13.8. The molecule has 0 atom stereocenters. The maximum absolute atomic E-state index is 12.2. The van der Waals surface area contributed by atoms with Crippen LogP contribution in [0.3, 0.4) is 0 Å². The summed E-state index contributed by atoms with van der Waals surface area (Å²) in [5.74, 6) is 0. The highest BCUT2D eigenvalue weighted by atomic mass is 35.5. The number of hydrogen-bond acceptors (Lipinski definition) is 4. The molecular formula is C13H13ClN2O4S2. The minimum atomic E-state index is -3.85. The third kappa shape index (κ3) is 3.58. The second-order valence-electron chi connectivity index (χ2n) is 4.26. The van der Waals surface area contributed by atoms with Crippen molar-refractivity contribution in [2.24, 2.45) is 0 Å². The molecule has 22 heavy (non-hydrogen) atoms. The molecule has 9 heteroatoms. The summed E-state index contributed by atoms with van der Waals surface area (Å²) < 4.78 is 52.2. The van der Waals surface area contributed by atoms with Gasteiger partial charge in [-0.05, 0) is 43.4 Å². The van der Waals surface area contributed by atoms with Gasteiger partial charge in [0.15, 0.2) is 0 Å². The van der Waals surface area contributed by atoms with Crippen molar-refractivity contribution >= 4 is 37.3 Å². The lowest BCUT2D eigenvalue weighted by atomic mass is 10.3. The van der Waals surface area contributed by atoms with Gasteiger partial charge in [0, 0.05) is 0 Å². The maximum Gasteiger partial charge on any atom is 0.261 e. The Hall–Kier alpha value is -1.61. The van der Waals surface area contributed by atoms with Gasteiger partial charge >= 0.3 is 0 Å². The van der Waals surface area contributed by atoms with Gasteiger partial charge in [0.1, 0.15) is 0 Å². The van der Waals surface area contributed by atoms with E-state index in [2.05, 4.69) is 9.44 Å². The van der Waals surface area contributed by atoms with E-state index in [1.54, 1.807) is 18.2 Å². The van der Waals surface area contributed by atoms with Gasteiger partial charge in [-0.1, -0.05) is 23.7 Å². The predicted octanol–water partition coefficient (Wildman–Crippen LogP) is 2.05. The van der Waals surface area contributed by atoms with E-state index < -0.39 is 20.0 Å². The summed E-state index contributed by atoms with van der Waals surface area (Å²) in [5.41, 5.74) is 0.246. The minimum Gasteiger partial charge on any atom is -0.278 e. The highest BCUT2D eigenvalue weighted by Crippen LogP contribution is 2.24. The Morgan fingerprint density at radius 1 is 0.818 bits per heavy atom. The van der Waals surface area contributed by atoms with Crippen LogP contribution in [0, 0.1) is 0 Å². The summed E-state index contributed by atoms with van der Waals surface area (Å²) in [7, 11) is -6.19. The molecule has 0 amide bonds. The molecule has 0 aliphatic carbocycles. The molecule has 6 nitrogen and oxygen atoms in total. The van der Waals surface area contributed by atoms with Crippen LogP contribution in [0.1, 0.15) is 0 Å². The van der Waals surface area contributed by atoms with E-state index in [0.29, 0.717) is 0 Å². The van der Waals surface area contributed by atoms with E-state index in [0.717, 1.165) is 0 Å². The number of nitrogens with one attached hydrogen (secondary N) is 2. The first-order valence-electron chi connectivity index (χ1n) is 6.07. The molecule has 2 aromatic rings. The second kappa shape index (κ2) is 6.25. The summed E-state index contributed by atoms with van der Waals surface area (Å²) in [6, 6.07) is 11.3. The monoisotopic (exact) mass is 360 g/mol. The number of rotatable bonds is 5. The van der Waals surface area contributed by atoms with Gasteiger partial charge < -0.3 is 0 Å². The largest absolute Gasteiger partial charge is 0.278 e. The molecule has 118 valence electrons. The molecule has 0 saturated carbocycles. The van der Waals surface area contributed by atoms with Crippen LogP contribution >= 0.6 is 11.6 Å². The van der Waals surface area contributed by atoms with Gasteiger partial charge in [-0.25, -0.2) is 21.6 Å². The fraction of sp³-hybridized carbons (Fsp3) is 0.0769. The quantitative estimate of drug-likeness (QED) is 0.853. The van der Waals surface area contributed by atoms with Crippen LogP contribution < -0.4 is 9.44 Å². The maximum atomic E-state index is 12.2. The molecule has 0 saturated heterocycles. The van der Waals surface area contributed by atoms with E-state index in [1.165, 1.54) is 37.4 Å². The third-order valence-corrected chi connectivity index (χ3v) is 5.97. The number of halogens is 1. The summed E-state index contributed by atoms with van der Waals surface area (Å²) >= 11 is 5.91. The van der Waals surface area contributed by atoms with Gasteiger partial charge in [0.05, 0.1) is 20.5 Å². The second-order valence-corrected chi connectivity index (χ2v) is 8.24. The third-order valence-electron chi connectivity index (χ3n) is 2.83. The first-order chi connectivity index (χ1) is 10.3. The van der Waals surface area contributed by atoms with Crippen molar-refractivity contribution in [1.82, 2.24) is 4.72 Å². The lowest BCUT2D eigenvalue weighted by Crippen LogP contribution is -2.19. The van der Waals surface area contributed by atoms with Crippen molar-refractivity contribution in [3.63, 3.8) is 0 Å². The lowest BCUT2D eigenvalue weighted by Gasteiger charge is -2.10. The zero-order valence-electron chi connectivity index (χ0n) is 11.4. The summed E-state index contributed by atoms with van der Waals surface area (Å²) in [4.78, 5) is -0.0887. The molecule has 0 aliphatic rings. The number of hydrogen-bond donors (Lipinski definition) is 2. The molecule has 2 aromatic carbocycles. The predicted molar refractivity (Wildman–Crippen MR) is 84.9 cm³/mol. The Morgan fingerprint density at radius 2 is 1.32 bits per heavy atom. The first-order valence-corrected chi connectivity index (χ1v) is 9.42. The topological polar surface area (TPSA) is 92.3 Å². The molecule has 0 aromatic heterocycles. The van der Waals surface area contributed by atoms with E-state index in [9.17, 15) is 16.8 Å². The number of anilines is 1. The van der Waals surface area contributed by atoms with Crippen LogP contribution in [-0.2, 0) is 20.0 Å². The molecule has 2 N–H and O–H groups in total. The van der Waals surface area contributed by atoms with Crippen LogP contribution in [0.5, 0.6) is 0 Å². The lowest BCUT2D eigenvalue weighted by molar-refractivity contribution is 0.587. The first kappa shape index (κ1) is 16.8. The molecule has 2 rings (SSSR count). The Labute approximate surface area is 134 Å². The van der Waals surface area contributed by atoms with Crippen LogP contribution in [0.2, 0.25) is 5.02 Å². The van der Waals surface area contributed by atoms with E-state index in [-0.39, 0.29) is 20.5 Å². The van der Waals surface area contributed by atoms with Gasteiger partial charge in [-0.2, -0.15) is 0 Å². The smallest absolute Gasteiger partial charge is 0.261 e. The summed E-state index contributed by atoms with van der Waals surface area (Å²) in [6.07, 6.45) is 0. The summed E-state index contributed by atoms with van der Waals surface area (Å²) in [5, 5.41) is 0.264. The van der Waals surface area contributed by atoms with Gasteiger partial charge in [-0.3, -0.25) is 4.72 Å². The van der Waals surface area contributed by atoms with E-state index in [1.807, 2.05) is 0 Å². The average Bonchev–Trinajstić information content (AvgIpc) is 2.49. The Balaban J connectivity index is 2.33. The van der Waals surface area contributed by atoms with Crippen molar-refractivity contribution in [3.8, 4) is 0 Å². The number of sulfonamides is 2. The standard InChI is InChI=1S/C13H13ClN2O4S2/c1-15-21(17,18)10-6-8-11(9-7-10)22(19,20)16-13-5-3-2-4-12(13)14/h2-9,15-16H,1H3. The van der Waals surface area contributed by atoms with Gasteiger partial charge in [0.25, 0.3) is 10.0 Å². The molecule has 0 aliphatic heterocycles. The fourth-order valence-electron chi connectivity index (χ4n) is 1.66. The van der Waals surface area contributed by atoms with E-state index in [4.69, 9.17) is 11.6 Å². The normalized spacial score (nSPS) is 12.1. The van der Waals surface area contributed by atoms with Crippen molar-refractivity contribution < 1.29 is 16.8 Å². The molecule has 0 fully saturated rings. The molecule has 0 heterocycles. The highest BCUT2D eigenvalue weighted by molar-refractivity contribution is 7.92. The highest BCUT2D eigenvalue weighted by Gasteiger charge is 2.17. The molecule has 0 radical (unpaired) electrons. The fourth-order valence-corrected chi connectivity index (χ4v) is 3.71. The molecule has 0 unspecified atom stereocenters. The van der Waals surface area contributed by atoms with Gasteiger partial charge in [0.2, 0.25) is 10.0 Å². The number of benzene rings is 2. The molecular weight excluding hydrogens is 348 g/mol. The Bertz CT molecular complexity index is 879. The van der Waals surface area contributed by atoms with Crippen LogP contribution in [0.15, 0.2) is 58.3 Å². The van der Waals surface area contributed by atoms with Crippen LogP contribution in [0.4, 0.5) is 5.69 Å². The van der Waals surface area contributed by atoms with Gasteiger partial charge in [-0.15, -0.1) is 0 Å². The average molecular weight is 361 g/mol. The van der Waals surface area contributed by atoms with Crippen molar-refractivity contribution in [1.29, 1.82) is 0 Å². The number of para-hydroxylation sites is 1. The summed E-state index contributed by atoms with van der Waals surface area (Å²) in [6.45, 7) is 0.